The number of rotatable bonds is 5. The summed E-state index contributed by atoms with van der Waals surface area (Å²) in [6, 6.07) is 3.16. The molecule has 1 N–H and O–H groups in total. The quantitative estimate of drug-likeness (QED) is 0.913. The van der Waals surface area contributed by atoms with Crippen molar-refractivity contribution in [2.24, 2.45) is 5.92 Å². The Morgan fingerprint density at radius 3 is 2.88 bits per heavy atom. The van der Waals surface area contributed by atoms with Crippen molar-refractivity contribution >= 4 is 0 Å². The molecule has 0 radical (unpaired) electrons. The second-order valence-corrected chi connectivity index (χ2v) is 6.97. The lowest BCUT2D eigenvalue weighted by atomic mass is 10.0. The molecule has 2 heterocycles. The first-order valence-electron chi connectivity index (χ1n) is 8.30. The number of aliphatic hydroxyl groups excluding tert-OH is 1. The summed E-state index contributed by atoms with van der Waals surface area (Å²) in [5.41, 5.74) is 1.31. The molecular weight excluding hydrogens is 312 g/mol. The molecule has 1 aromatic carbocycles. The lowest BCUT2D eigenvalue weighted by molar-refractivity contribution is 0.172. The second-order valence-electron chi connectivity index (χ2n) is 6.97. The Balaban J connectivity index is 1.78. The first-order chi connectivity index (χ1) is 11.4. The second kappa shape index (κ2) is 6.99. The van der Waals surface area contributed by atoms with E-state index in [-0.39, 0.29) is 6.04 Å². The number of hydrogen-bond donors (Lipinski definition) is 1. The third kappa shape index (κ3) is 3.82. The molecule has 2 unspecified atom stereocenters. The van der Waals surface area contributed by atoms with Crippen molar-refractivity contribution in [3.05, 3.63) is 53.4 Å². The van der Waals surface area contributed by atoms with Crippen molar-refractivity contribution in [2.45, 2.75) is 45.5 Å². The Morgan fingerprint density at radius 2 is 2.12 bits per heavy atom. The summed E-state index contributed by atoms with van der Waals surface area (Å²) >= 11 is 0. The molecule has 2 aromatic rings. The van der Waals surface area contributed by atoms with Gasteiger partial charge in [0.25, 0.3) is 0 Å². The zero-order chi connectivity index (χ0) is 17.3. The van der Waals surface area contributed by atoms with Gasteiger partial charge in [-0.3, -0.25) is 9.58 Å². The Bertz CT molecular complexity index is 701. The number of hydrogen-bond acceptors (Lipinski definition) is 3. The molecule has 1 saturated heterocycles. The van der Waals surface area contributed by atoms with Crippen LogP contribution in [0.15, 0.2) is 30.6 Å². The molecule has 1 aliphatic heterocycles. The number of nitrogens with zero attached hydrogens (tertiary/aromatic N) is 3. The van der Waals surface area contributed by atoms with Gasteiger partial charge in [-0.1, -0.05) is 13.8 Å². The van der Waals surface area contributed by atoms with E-state index in [4.69, 9.17) is 0 Å². The van der Waals surface area contributed by atoms with Crippen molar-refractivity contribution in [2.75, 3.05) is 6.54 Å². The molecule has 130 valence electrons. The highest BCUT2D eigenvalue weighted by molar-refractivity contribution is 5.24. The zero-order valence-corrected chi connectivity index (χ0v) is 14.0. The normalized spacial score (nSPS) is 21.8. The summed E-state index contributed by atoms with van der Waals surface area (Å²) in [5.74, 6) is -0.394. The number of β-amino-alcohol motifs (C(OH)–C–C–N with tert-alkyl or cyclic N) is 1. The van der Waals surface area contributed by atoms with E-state index >= 15 is 0 Å². The predicted molar refractivity (Wildman–Crippen MR) is 87.2 cm³/mol. The highest BCUT2D eigenvalue weighted by atomic mass is 19.1. The van der Waals surface area contributed by atoms with Gasteiger partial charge >= 0.3 is 0 Å². The van der Waals surface area contributed by atoms with Crippen LogP contribution in [0.3, 0.4) is 0 Å². The molecule has 1 fully saturated rings. The molecule has 0 saturated carbocycles. The summed E-state index contributed by atoms with van der Waals surface area (Å²) in [6.07, 6.45) is 3.64. The topological polar surface area (TPSA) is 41.3 Å². The third-order valence-electron chi connectivity index (χ3n) is 4.32. The Kier molecular flexibility index (Phi) is 4.96. The molecule has 0 amide bonds. The fourth-order valence-corrected chi connectivity index (χ4v) is 3.34. The summed E-state index contributed by atoms with van der Waals surface area (Å²) in [5, 5.41) is 14.4. The number of likely N-dealkylation sites (tertiary alicyclic amines) is 1. The Hall–Kier alpha value is -1.79. The van der Waals surface area contributed by atoms with Crippen LogP contribution in [0.2, 0.25) is 0 Å². The Morgan fingerprint density at radius 1 is 1.33 bits per heavy atom. The standard InChI is InChI=1S/C18H23F2N3O/c1-12(2)8-23-10-13(7-21-23)9-22-11-15(24)6-18(22)16-5-14(19)3-4-17(16)20/h3-5,7,10,12,15,18,24H,6,8-9,11H2,1-2H3. The minimum atomic E-state index is -0.539. The van der Waals surface area contributed by atoms with Gasteiger partial charge in [0.15, 0.2) is 0 Å². The van der Waals surface area contributed by atoms with Gasteiger partial charge < -0.3 is 5.11 Å². The lowest BCUT2D eigenvalue weighted by Crippen LogP contribution is -2.24. The summed E-state index contributed by atoms with van der Waals surface area (Å²) < 4.78 is 29.5. The first-order valence-corrected chi connectivity index (χ1v) is 8.30. The molecule has 4 nitrogen and oxygen atoms in total. The van der Waals surface area contributed by atoms with Crippen LogP contribution in [0, 0.1) is 17.6 Å². The maximum absolute atomic E-state index is 14.1. The number of halogens is 2. The molecule has 24 heavy (non-hydrogen) atoms. The zero-order valence-electron chi connectivity index (χ0n) is 14.0. The maximum atomic E-state index is 14.1. The van der Waals surface area contributed by atoms with Crippen LogP contribution < -0.4 is 0 Å². The van der Waals surface area contributed by atoms with E-state index in [0.29, 0.717) is 31.0 Å². The van der Waals surface area contributed by atoms with E-state index in [2.05, 4.69) is 18.9 Å². The highest BCUT2D eigenvalue weighted by Crippen LogP contribution is 2.35. The fraction of sp³-hybridized carbons (Fsp3) is 0.500. The monoisotopic (exact) mass is 335 g/mol. The molecule has 1 aromatic heterocycles. The summed E-state index contributed by atoms with van der Waals surface area (Å²) in [6.45, 7) is 6.08. The minimum absolute atomic E-state index is 0.307. The SMILES string of the molecule is CC(C)Cn1cc(CN2CC(O)CC2c2cc(F)ccc2F)cn1. The molecule has 1 aliphatic rings. The molecule has 2 atom stereocenters. The molecular formula is C18H23F2N3O. The van der Waals surface area contributed by atoms with Gasteiger partial charge in [-0.15, -0.1) is 0 Å². The highest BCUT2D eigenvalue weighted by Gasteiger charge is 2.34. The lowest BCUT2D eigenvalue weighted by Gasteiger charge is -2.24. The van der Waals surface area contributed by atoms with Gasteiger partial charge in [0.05, 0.1) is 12.3 Å². The fourth-order valence-electron chi connectivity index (χ4n) is 3.34. The van der Waals surface area contributed by atoms with Crippen molar-refractivity contribution in [3.8, 4) is 0 Å². The molecule has 0 spiro atoms. The minimum Gasteiger partial charge on any atom is -0.392 e. The van der Waals surface area contributed by atoms with Crippen LogP contribution in [0.1, 0.15) is 37.4 Å². The number of benzene rings is 1. The summed E-state index contributed by atoms with van der Waals surface area (Å²) in [4.78, 5) is 1.99. The van der Waals surface area contributed by atoms with E-state index in [1.54, 1.807) is 6.20 Å². The third-order valence-corrected chi connectivity index (χ3v) is 4.32. The molecule has 0 aliphatic carbocycles. The van der Waals surface area contributed by atoms with Gasteiger partial charge in [-0.05, 0) is 30.5 Å². The average molecular weight is 335 g/mol. The molecule has 6 heteroatoms. The number of aromatic nitrogens is 2. The summed E-state index contributed by atoms with van der Waals surface area (Å²) in [7, 11) is 0. The smallest absolute Gasteiger partial charge is 0.128 e. The van der Waals surface area contributed by atoms with E-state index in [1.165, 1.54) is 6.07 Å². The van der Waals surface area contributed by atoms with Gasteiger partial charge in [0, 0.05) is 43.0 Å². The average Bonchev–Trinajstić information content (AvgIpc) is 3.08. The van der Waals surface area contributed by atoms with Crippen molar-refractivity contribution in [3.63, 3.8) is 0 Å². The van der Waals surface area contributed by atoms with Crippen molar-refractivity contribution in [1.82, 2.24) is 14.7 Å². The van der Waals surface area contributed by atoms with Gasteiger partial charge in [0.1, 0.15) is 11.6 Å². The van der Waals surface area contributed by atoms with Crippen LogP contribution >= 0.6 is 0 Å². The maximum Gasteiger partial charge on any atom is 0.128 e. The van der Waals surface area contributed by atoms with Crippen LogP contribution in [0.25, 0.3) is 0 Å². The van der Waals surface area contributed by atoms with Crippen LogP contribution in [-0.2, 0) is 13.1 Å². The predicted octanol–water partition coefficient (Wildman–Crippen LogP) is 3.13. The molecule has 3 rings (SSSR count). The van der Waals surface area contributed by atoms with E-state index in [1.807, 2.05) is 15.8 Å². The number of aliphatic hydroxyl groups is 1. The largest absolute Gasteiger partial charge is 0.392 e. The molecule has 0 bridgehead atoms. The van der Waals surface area contributed by atoms with E-state index in [0.717, 1.165) is 24.2 Å². The van der Waals surface area contributed by atoms with Crippen LogP contribution in [0.5, 0.6) is 0 Å². The first kappa shape index (κ1) is 17.0. The van der Waals surface area contributed by atoms with E-state index < -0.39 is 17.7 Å². The van der Waals surface area contributed by atoms with Crippen molar-refractivity contribution < 1.29 is 13.9 Å². The van der Waals surface area contributed by atoms with Crippen LogP contribution in [0.4, 0.5) is 8.78 Å². The van der Waals surface area contributed by atoms with Crippen molar-refractivity contribution in [1.29, 1.82) is 0 Å². The van der Waals surface area contributed by atoms with Gasteiger partial charge in [-0.2, -0.15) is 5.10 Å². The van der Waals surface area contributed by atoms with Crippen LogP contribution in [-0.4, -0.2) is 32.4 Å². The van der Waals surface area contributed by atoms with Gasteiger partial charge in [-0.25, -0.2) is 8.78 Å². The van der Waals surface area contributed by atoms with E-state index in [9.17, 15) is 13.9 Å². The Labute approximate surface area is 140 Å². The van der Waals surface area contributed by atoms with Gasteiger partial charge in [0.2, 0.25) is 0 Å².